The smallest absolute Gasteiger partial charge is 0.244 e. The lowest BCUT2D eigenvalue weighted by Crippen LogP contribution is -2.44. The number of rotatable bonds is 8. The largest absolute Gasteiger partial charge is 0.493 e. The molecule has 200 valence electrons. The molecule has 11 heteroatoms. The fraction of sp³-hybridized carbons (Fsp3) is 0.333. The summed E-state index contributed by atoms with van der Waals surface area (Å²) in [5.74, 6) is -0.377. The van der Waals surface area contributed by atoms with Crippen molar-refractivity contribution in [2.24, 2.45) is 16.9 Å². The molecule has 2 aromatic carbocycles. The summed E-state index contributed by atoms with van der Waals surface area (Å²) in [7, 11) is 4.51. The number of furan rings is 1. The van der Waals surface area contributed by atoms with Gasteiger partial charge in [0.25, 0.3) is 0 Å². The minimum absolute atomic E-state index is 0.0397. The van der Waals surface area contributed by atoms with Gasteiger partial charge >= 0.3 is 0 Å². The Balaban J connectivity index is 1.66. The Labute approximate surface area is 218 Å². The molecule has 0 bridgehead atoms. The van der Waals surface area contributed by atoms with Crippen LogP contribution in [0.3, 0.4) is 0 Å². The molecule has 3 aromatic rings. The maximum atomic E-state index is 13.7. The van der Waals surface area contributed by atoms with Crippen molar-refractivity contribution in [2.45, 2.75) is 12.0 Å². The number of aliphatic hydroxyl groups is 2. The van der Waals surface area contributed by atoms with Gasteiger partial charge in [-0.2, -0.15) is 5.10 Å². The van der Waals surface area contributed by atoms with Crippen molar-refractivity contribution in [3.05, 3.63) is 65.1 Å². The number of aliphatic hydroxyl groups excluding tert-OH is 2. The highest BCUT2D eigenvalue weighted by Crippen LogP contribution is 2.53. The van der Waals surface area contributed by atoms with Crippen molar-refractivity contribution in [2.75, 3.05) is 34.7 Å². The molecule has 0 saturated heterocycles. The third kappa shape index (κ3) is 4.39. The second-order valence-electron chi connectivity index (χ2n) is 8.84. The van der Waals surface area contributed by atoms with Gasteiger partial charge in [-0.3, -0.25) is 4.79 Å². The molecule has 1 aliphatic heterocycles. The zero-order valence-electron chi connectivity index (χ0n) is 21.0. The molecule has 4 unspecified atom stereocenters. The fourth-order valence-electron chi connectivity index (χ4n) is 5.19. The van der Waals surface area contributed by atoms with Crippen LogP contribution in [0, 0.1) is 11.8 Å². The van der Waals surface area contributed by atoms with E-state index < -0.39 is 36.4 Å². The summed E-state index contributed by atoms with van der Waals surface area (Å²) in [6.45, 7) is -0.423. The number of hydrogen-bond acceptors (Lipinski definition) is 10. The quantitative estimate of drug-likeness (QED) is 0.299. The van der Waals surface area contributed by atoms with Crippen LogP contribution < -0.4 is 29.1 Å². The minimum Gasteiger partial charge on any atom is -0.493 e. The summed E-state index contributed by atoms with van der Waals surface area (Å²) < 4.78 is 33.0. The predicted octanol–water partition coefficient (Wildman–Crippen LogP) is 2.59. The van der Waals surface area contributed by atoms with E-state index in [4.69, 9.17) is 28.1 Å². The highest BCUT2D eigenvalue weighted by Gasteiger charge is 2.47. The van der Waals surface area contributed by atoms with Crippen LogP contribution in [0.5, 0.6) is 28.7 Å². The summed E-state index contributed by atoms with van der Waals surface area (Å²) >= 11 is 0. The van der Waals surface area contributed by atoms with E-state index in [2.05, 4.69) is 10.5 Å². The normalized spacial score (nSPS) is 21.7. The summed E-state index contributed by atoms with van der Waals surface area (Å²) in [6, 6.07) is 10.3. The molecule has 1 aliphatic carbocycles. The lowest BCUT2D eigenvalue weighted by Gasteiger charge is -2.41. The van der Waals surface area contributed by atoms with Crippen LogP contribution in [0.25, 0.3) is 0 Å². The van der Waals surface area contributed by atoms with Crippen LogP contribution >= 0.6 is 0 Å². The van der Waals surface area contributed by atoms with Crippen LogP contribution in [0.4, 0.5) is 0 Å². The van der Waals surface area contributed by atoms with E-state index in [9.17, 15) is 15.0 Å². The van der Waals surface area contributed by atoms with Gasteiger partial charge in [-0.05, 0) is 53.1 Å². The fourth-order valence-corrected chi connectivity index (χ4v) is 5.19. The van der Waals surface area contributed by atoms with Crippen LogP contribution in [0.1, 0.15) is 34.5 Å². The molecule has 1 aromatic heterocycles. The monoisotopic (exact) mass is 524 g/mol. The molecule has 0 spiro atoms. The number of carbonyl (C=O) groups is 1. The Bertz CT molecular complexity index is 1310. The number of carbonyl (C=O) groups excluding carboxylic acids is 1. The summed E-state index contributed by atoms with van der Waals surface area (Å²) in [5, 5.41) is 25.8. The Morgan fingerprint density at radius 1 is 1.08 bits per heavy atom. The summed E-state index contributed by atoms with van der Waals surface area (Å²) in [6.07, 6.45) is 1.70. The molecule has 11 nitrogen and oxygen atoms in total. The molecular weight excluding hydrogens is 496 g/mol. The molecule has 0 saturated carbocycles. The van der Waals surface area contributed by atoms with Crippen molar-refractivity contribution in [1.82, 2.24) is 5.43 Å². The Morgan fingerprint density at radius 3 is 2.34 bits per heavy atom. The Kier molecular flexibility index (Phi) is 7.12. The van der Waals surface area contributed by atoms with Crippen molar-refractivity contribution in [3.8, 4) is 28.7 Å². The van der Waals surface area contributed by atoms with Gasteiger partial charge in [0.1, 0.15) is 5.76 Å². The maximum Gasteiger partial charge on any atom is 0.244 e. The molecule has 3 N–H and O–H groups in total. The maximum absolute atomic E-state index is 13.7. The Morgan fingerprint density at radius 2 is 1.76 bits per heavy atom. The zero-order valence-corrected chi connectivity index (χ0v) is 21.0. The SMILES string of the molecule is COc1cc(C2c3cc4c(cc3C(O)C(CO)C2C(=O)NN=Cc2ccco2)OCO4)cc(OC)c1OC. The Hall–Kier alpha value is -4.22. The number of nitrogens with one attached hydrogen (secondary N) is 1. The second-order valence-corrected chi connectivity index (χ2v) is 8.84. The van der Waals surface area contributed by atoms with Crippen LogP contribution in [0.2, 0.25) is 0 Å². The predicted molar refractivity (Wildman–Crippen MR) is 134 cm³/mol. The van der Waals surface area contributed by atoms with E-state index in [1.54, 1.807) is 36.4 Å². The lowest BCUT2D eigenvalue weighted by atomic mass is 9.65. The van der Waals surface area contributed by atoms with Crippen molar-refractivity contribution in [1.29, 1.82) is 0 Å². The van der Waals surface area contributed by atoms with Gasteiger partial charge in [-0.25, -0.2) is 5.43 Å². The van der Waals surface area contributed by atoms with Gasteiger partial charge < -0.3 is 38.3 Å². The summed E-state index contributed by atoms with van der Waals surface area (Å²) in [5.41, 5.74) is 4.34. The van der Waals surface area contributed by atoms with Crippen LogP contribution in [0.15, 0.2) is 52.2 Å². The first-order valence-corrected chi connectivity index (χ1v) is 11.9. The van der Waals surface area contributed by atoms with Crippen molar-refractivity contribution >= 4 is 12.1 Å². The number of hydrazone groups is 1. The van der Waals surface area contributed by atoms with E-state index in [0.29, 0.717) is 51.2 Å². The first kappa shape index (κ1) is 25.4. The molecule has 2 heterocycles. The number of ether oxygens (including phenoxy) is 5. The summed E-state index contributed by atoms with van der Waals surface area (Å²) in [4.78, 5) is 13.7. The molecule has 1 amide bonds. The van der Waals surface area contributed by atoms with E-state index >= 15 is 0 Å². The number of amides is 1. The van der Waals surface area contributed by atoms with Crippen molar-refractivity contribution in [3.63, 3.8) is 0 Å². The van der Waals surface area contributed by atoms with Gasteiger partial charge in [-0.15, -0.1) is 0 Å². The van der Waals surface area contributed by atoms with E-state index in [1.807, 2.05) is 0 Å². The van der Waals surface area contributed by atoms with Gasteiger partial charge in [0, 0.05) is 18.4 Å². The topological polar surface area (TPSA) is 141 Å². The van der Waals surface area contributed by atoms with Crippen LogP contribution in [-0.4, -0.2) is 57.1 Å². The highest BCUT2D eigenvalue weighted by atomic mass is 16.7. The standard InChI is InChI=1S/C27H28N2O9/c1-33-21-7-14(8-22(34-2)26(21)35-3)23-16-9-19-20(38-13-37-19)10-17(16)25(31)18(12-30)24(23)27(32)29-28-11-15-5-4-6-36-15/h4-11,18,23-25,30-31H,12-13H2,1-3H3,(H,29,32). The highest BCUT2D eigenvalue weighted by molar-refractivity contribution is 5.84. The number of fused-ring (bicyclic) bond motifs is 2. The van der Waals surface area contributed by atoms with E-state index in [-0.39, 0.29) is 6.79 Å². The average Bonchev–Trinajstić information content (AvgIpc) is 3.63. The second kappa shape index (κ2) is 10.6. The van der Waals surface area contributed by atoms with E-state index in [1.165, 1.54) is 33.8 Å². The number of benzene rings is 2. The van der Waals surface area contributed by atoms with Crippen LogP contribution in [-0.2, 0) is 4.79 Å². The average molecular weight is 525 g/mol. The third-order valence-corrected chi connectivity index (χ3v) is 6.93. The molecule has 2 aliphatic rings. The molecule has 5 rings (SSSR count). The third-order valence-electron chi connectivity index (χ3n) is 6.93. The number of methoxy groups -OCH3 is 3. The molecule has 0 radical (unpaired) electrons. The molecule has 38 heavy (non-hydrogen) atoms. The van der Waals surface area contributed by atoms with Gasteiger partial charge in [-0.1, -0.05) is 0 Å². The molecule has 4 atom stereocenters. The van der Waals surface area contributed by atoms with Gasteiger partial charge in [0.15, 0.2) is 23.0 Å². The van der Waals surface area contributed by atoms with Crippen molar-refractivity contribution < 1.29 is 43.1 Å². The molecular formula is C27H28N2O9. The zero-order chi connectivity index (χ0) is 26.8. The first-order valence-electron chi connectivity index (χ1n) is 11.9. The minimum atomic E-state index is -1.16. The van der Waals surface area contributed by atoms with Gasteiger partial charge in [0.05, 0.1) is 45.8 Å². The van der Waals surface area contributed by atoms with E-state index in [0.717, 1.165) is 0 Å². The number of nitrogens with zero attached hydrogens (tertiary/aromatic N) is 1. The lowest BCUT2D eigenvalue weighted by molar-refractivity contribution is -0.131. The number of hydrogen-bond donors (Lipinski definition) is 3. The first-order chi connectivity index (χ1) is 18.5. The molecule has 0 fully saturated rings. The van der Waals surface area contributed by atoms with Gasteiger partial charge in [0.2, 0.25) is 18.4 Å².